The van der Waals surface area contributed by atoms with E-state index < -0.39 is 24.5 Å². The van der Waals surface area contributed by atoms with Gasteiger partial charge in [0.15, 0.2) is 12.2 Å². The standard InChI is InChI=1S/C19H23N3O.C16H12ClNO3.C16H14N2O3.ClH/c1-21(2)13-8-14-23-19-17-11-6-7-12-18(17)22(20-19)15-16-9-4-3-5-10-16;1-9(16(19)20)11-4-7-14-13(8-11)18-15(21-14)10-2-5-12(17)6-3-10;19-15(20)11-21-16-13-8-4-5-9-14(13)18(17-16)10-12-6-2-1-3-7-12;/h3-7,9-12H,8,13-15H2,1-2H3;2-9H,1H3,(H,19,20);1-9H,10-11H2,(H,19,20);1H. The molecule has 15 heteroatoms. The number of hydrogen-bond donors (Lipinski definition) is 2. The summed E-state index contributed by atoms with van der Waals surface area (Å²) in [6.07, 6.45) is 0.993. The fraction of sp³-hybridized carbons (Fsp3) is 0.196. The van der Waals surface area contributed by atoms with Gasteiger partial charge >= 0.3 is 11.9 Å². The number of hydrogen-bond acceptors (Lipinski definition) is 9. The Bertz CT molecular complexity index is 2970. The Morgan fingerprint density at radius 3 is 1.77 bits per heavy atom. The van der Waals surface area contributed by atoms with Crippen molar-refractivity contribution >= 4 is 68.9 Å². The smallest absolute Gasteiger partial charge is 0.341 e. The molecule has 0 aliphatic carbocycles. The number of rotatable bonds is 15. The number of carbonyl (C=O) groups is 2. The molecule has 0 aliphatic heterocycles. The summed E-state index contributed by atoms with van der Waals surface area (Å²) in [6, 6.07) is 48.6. The fourth-order valence-electron chi connectivity index (χ4n) is 6.91. The average molecular weight is 930 g/mol. The molecular formula is C51H50Cl2N6O7. The minimum Gasteiger partial charge on any atom is -0.481 e. The Balaban J connectivity index is 0.000000163. The SMILES string of the molecule is CC(C(=O)O)c1ccc2oc(-c3ccc(Cl)cc3)nc2c1.CN(C)CCCOc1nn(Cc2ccccc2)c2ccccc12.Cl.O=C(O)COc1nn(Cc2ccccc2)c2ccccc12. The third kappa shape index (κ3) is 12.7. The number of halogens is 2. The molecule has 0 saturated carbocycles. The van der Waals surface area contributed by atoms with Crippen LogP contribution in [0.4, 0.5) is 0 Å². The number of aliphatic carboxylic acids is 2. The van der Waals surface area contributed by atoms with Gasteiger partial charge in [-0.1, -0.05) is 103 Å². The van der Waals surface area contributed by atoms with Gasteiger partial charge in [-0.15, -0.1) is 22.6 Å². The van der Waals surface area contributed by atoms with Crippen molar-refractivity contribution < 1.29 is 33.7 Å². The first-order valence-corrected chi connectivity index (χ1v) is 21.4. The minimum absolute atomic E-state index is 0. The molecule has 0 aliphatic rings. The molecule has 9 rings (SSSR count). The van der Waals surface area contributed by atoms with Crippen LogP contribution in [-0.2, 0) is 22.7 Å². The van der Waals surface area contributed by atoms with Crippen LogP contribution in [0.5, 0.6) is 11.8 Å². The van der Waals surface area contributed by atoms with Crippen LogP contribution < -0.4 is 9.47 Å². The molecule has 340 valence electrons. The normalized spacial score (nSPS) is 11.3. The van der Waals surface area contributed by atoms with Gasteiger partial charge in [0.2, 0.25) is 17.7 Å². The number of nitrogens with zero attached hydrogens (tertiary/aromatic N) is 6. The van der Waals surface area contributed by atoms with Crippen LogP contribution in [0.2, 0.25) is 5.02 Å². The average Bonchev–Trinajstić information content (AvgIpc) is 4.01. The lowest BCUT2D eigenvalue weighted by Gasteiger charge is -2.09. The first-order chi connectivity index (χ1) is 31.5. The molecule has 0 radical (unpaired) electrons. The van der Waals surface area contributed by atoms with Crippen LogP contribution in [0.3, 0.4) is 0 Å². The van der Waals surface area contributed by atoms with E-state index in [4.69, 9.17) is 35.7 Å². The van der Waals surface area contributed by atoms with E-state index in [1.165, 1.54) is 5.56 Å². The van der Waals surface area contributed by atoms with E-state index in [0.29, 0.717) is 46.6 Å². The van der Waals surface area contributed by atoms with Crippen LogP contribution in [0.15, 0.2) is 156 Å². The maximum atomic E-state index is 11.0. The van der Waals surface area contributed by atoms with E-state index in [1.807, 2.05) is 94.3 Å². The number of carboxylic acids is 2. The van der Waals surface area contributed by atoms with E-state index in [-0.39, 0.29) is 12.4 Å². The van der Waals surface area contributed by atoms with Gasteiger partial charge < -0.3 is 29.0 Å². The van der Waals surface area contributed by atoms with Crippen molar-refractivity contribution in [3.05, 3.63) is 173 Å². The zero-order chi connectivity index (χ0) is 45.7. The number of oxazole rings is 1. The lowest BCUT2D eigenvalue weighted by molar-refractivity contribution is -0.139. The van der Waals surface area contributed by atoms with Crippen molar-refractivity contribution in [2.75, 3.05) is 33.9 Å². The Kier molecular flexibility index (Phi) is 16.9. The summed E-state index contributed by atoms with van der Waals surface area (Å²) < 4.78 is 20.7. The Morgan fingerprint density at radius 2 is 1.24 bits per heavy atom. The molecular weight excluding hydrogens is 880 g/mol. The minimum atomic E-state index is -1.02. The zero-order valence-corrected chi connectivity index (χ0v) is 38.2. The number of fused-ring (bicyclic) bond motifs is 3. The number of benzene rings is 6. The van der Waals surface area contributed by atoms with Gasteiger partial charge in [0, 0.05) is 17.1 Å². The Morgan fingerprint density at radius 1 is 0.712 bits per heavy atom. The van der Waals surface area contributed by atoms with Gasteiger partial charge in [-0.2, -0.15) is 0 Å². The maximum Gasteiger partial charge on any atom is 0.341 e. The van der Waals surface area contributed by atoms with E-state index >= 15 is 0 Å². The van der Waals surface area contributed by atoms with E-state index in [2.05, 4.69) is 70.6 Å². The molecule has 3 aromatic heterocycles. The number of carboxylic acid groups (broad SMARTS) is 2. The summed E-state index contributed by atoms with van der Waals surface area (Å²) in [6.45, 7) is 4.31. The molecule has 13 nitrogen and oxygen atoms in total. The lowest BCUT2D eigenvalue weighted by atomic mass is 10.0. The zero-order valence-electron chi connectivity index (χ0n) is 36.7. The molecule has 1 unspecified atom stereocenters. The summed E-state index contributed by atoms with van der Waals surface area (Å²) in [5.41, 5.74) is 7.18. The predicted molar refractivity (Wildman–Crippen MR) is 260 cm³/mol. The molecule has 1 atom stereocenters. The van der Waals surface area contributed by atoms with Gasteiger partial charge in [0.05, 0.1) is 47.4 Å². The number of aromatic nitrogens is 5. The van der Waals surface area contributed by atoms with E-state index in [9.17, 15) is 9.59 Å². The van der Waals surface area contributed by atoms with Gasteiger partial charge in [0.25, 0.3) is 0 Å². The molecule has 3 heterocycles. The van der Waals surface area contributed by atoms with Crippen LogP contribution >= 0.6 is 24.0 Å². The molecule has 66 heavy (non-hydrogen) atoms. The highest BCUT2D eigenvalue weighted by Gasteiger charge is 2.17. The summed E-state index contributed by atoms with van der Waals surface area (Å²) >= 11 is 5.86. The molecule has 0 amide bonds. The second-order valence-corrected chi connectivity index (χ2v) is 15.9. The molecule has 0 fully saturated rings. The maximum absolute atomic E-state index is 11.0. The van der Waals surface area contributed by atoms with Crippen molar-refractivity contribution in [1.29, 1.82) is 0 Å². The lowest BCUT2D eigenvalue weighted by Crippen LogP contribution is -2.15. The fourth-order valence-corrected chi connectivity index (χ4v) is 7.04. The summed E-state index contributed by atoms with van der Waals surface area (Å²) in [5.74, 6) is -0.890. The molecule has 0 saturated heterocycles. The van der Waals surface area contributed by atoms with Gasteiger partial charge in [-0.3, -0.25) is 14.2 Å². The topological polar surface area (TPSA) is 158 Å². The van der Waals surface area contributed by atoms with Crippen LogP contribution in [0.1, 0.15) is 36.0 Å². The molecule has 6 aromatic carbocycles. The van der Waals surface area contributed by atoms with Crippen molar-refractivity contribution in [1.82, 2.24) is 29.4 Å². The Hall–Kier alpha value is -7.19. The van der Waals surface area contributed by atoms with Gasteiger partial charge in [-0.25, -0.2) is 9.78 Å². The second-order valence-electron chi connectivity index (χ2n) is 15.4. The summed E-state index contributed by atoms with van der Waals surface area (Å²) in [5, 5.41) is 29.4. The van der Waals surface area contributed by atoms with Crippen molar-refractivity contribution in [2.24, 2.45) is 0 Å². The summed E-state index contributed by atoms with van der Waals surface area (Å²) in [7, 11) is 4.15. The third-order valence-corrected chi connectivity index (χ3v) is 10.5. The third-order valence-electron chi connectivity index (χ3n) is 10.3. The number of para-hydroxylation sites is 2. The van der Waals surface area contributed by atoms with Crippen molar-refractivity contribution in [2.45, 2.75) is 32.4 Å². The van der Waals surface area contributed by atoms with Gasteiger partial charge in [-0.05, 0) is 105 Å². The molecule has 9 aromatic rings. The van der Waals surface area contributed by atoms with Crippen LogP contribution in [0.25, 0.3) is 44.4 Å². The highest BCUT2D eigenvalue weighted by molar-refractivity contribution is 6.30. The first-order valence-electron chi connectivity index (χ1n) is 21.0. The quantitative estimate of drug-likeness (QED) is 0.0943. The van der Waals surface area contributed by atoms with Crippen LogP contribution in [-0.4, -0.2) is 85.5 Å². The summed E-state index contributed by atoms with van der Waals surface area (Å²) in [4.78, 5) is 28.3. The van der Waals surface area contributed by atoms with Crippen LogP contribution in [0, 0.1) is 0 Å². The monoisotopic (exact) mass is 928 g/mol. The number of ether oxygens (including phenoxy) is 2. The molecule has 0 spiro atoms. The second kappa shape index (κ2) is 23.1. The van der Waals surface area contributed by atoms with Gasteiger partial charge in [0.1, 0.15) is 5.52 Å². The molecule has 2 N–H and O–H groups in total. The van der Waals surface area contributed by atoms with Crippen molar-refractivity contribution in [3.8, 4) is 23.2 Å². The highest BCUT2D eigenvalue weighted by Crippen LogP contribution is 2.29. The largest absolute Gasteiger partial charge is 0.481 e. The first kappa shape index (κ1) is 48.3. The Labute approximate surface area is 393 Å². The predicted octanol–water partition coefficient (Wildman–Crippen LogP) is 10.7. The molecule has 0 bridgehead atoms. The highest BCUT2D eigenvalue weighted by atomic mass is 35.5. The van der Waals surface area contributed by atoms with E-state index in [1.54, 1.807) is 37.3 Å². The van der Waals surface area contributed by atoms with E-state index in [0.717, 1.165) is 58.3 Å². The van der Waals surface area contributed by atoms with Crippen molar-refractivity contribution in [3.63, 3.8) is 0 Å².